The van der Waals surface area contributed by atoms with E-state index in [9.17, 15) is 0 Å². The van der Waals surface area contributed by atoms with Crippen molar-refractivity contribution >= 4 is 0 Å². The molecule has 5 nitrogen and oxygen atoms in total. The highest BCUT2D eigenvalue weighted by Gasteiger charge is 2.15. The topological polar surface area (TPSA) is 69.6 Å². The maximum Gasteiger partial charge on any atom is 0.160 e. The summed E-state index contributed by atoms with van der Waals surface area (Å²) in [6.07, 6.45) is 3.40. The quantitative estimate of drug-likeness (QED) is 0.891. The summed E-state index contributed by atoms with van der Waals surface area (Å²) in [6, 6.07) is 3.80. The zero-order chi connectivity index (χ0) is 13.1. The first-order valence-electron chi connectivity index (χ1n) is 6.33. The summed E-state index contributed by atoms with van der Waals surface area (Å²) >= 11 is 0. The van der Waals surface area contributed by atoms with Crippen LogP contribution >= 0.6 is 0 Å². The molecule has 0 radical (unpaired) electrons. The largest absolute Gasteiger partial charge is 0.324 e. The Morgan fingerprint density at radius 2 is 2.11 bits per heavy atom. The van der Waals surface area contributed by atoms with Gasteiger partial charge in [0.15, 0.2) is 11.6 Å². The fourth-order valence-corrected chi connectivity index (χ4v) is 1.88. The standard InChI is InChI=1S/C13H19N5/c1-4-11-16-12(5-2)18(17-11)13-10(9(3)14)7-6-8-15-13/h6-9H,4-5,14H2,1-3H3/t9-/m0/s1. The van der Waals surface area contributed by atoms with Gasteiger partial charge in [-0.3, -0.25) is 0 Å². The van der Waals surface area contributed by atoms with E-state index in [4.69, 9.17) is 5.73 Å². The molecule has 0 aliphatic carbocycles. The lowest BCUT2D eigenvalue weighted by molar-refractivity contribution is 0.727. The Kier molecular flexibility index (Phi) is 3.72. The highest BCUT2D eigenvalue weighted by atomic mass is 15.4. The average molecular weight is 245 g/mol. The highest BCUT2D eigenvalue weighted by Crippen LogP contribution is 2.18. The summed E-state index contributed by atoms with van der Waals surface area (Å²) < 4.78 is 1.82. The van der Waals surface area contributed by atoms with Crippen molar-refractivity contribution in [3.05, 3.63) is 35.5 Å². The van der Waals surface area contributed by atoms with Gasteiger partial charge in [0.2, 0.25) is 0 Å². The minimum atomic E-state index is -0.0762. The maximum absolute atomic E-state index is 5.98. The number of pyridine rings is 1. The first-order valence-corrected chi connectivity index (χ1v) is 6.33. The molecule has 0 amide bonds. The molecule has 5 heteroatoms. The van der Waals surface area contributed by atoms with Gasteiger partial charge < -0.3 is 5.73 Å². The molecule has 0 aromatic carbocycles. The lowest BCUT2D eigenvalue weighted by atomic mass is 10.1. The number of aryl methyl sites for hydroxylation is 2. The molecular formula is C13H19N5. The summed E-state index contributed by atoms with van der Waals surface area (Å²) in [4.78, 5) is 8.90. The van der Waals surface area contributed by atoms with Gasteiger partial charge in [0.25, 0.3) is 0 Å². The van der Waals surface area contributed by atoms with Crippen LogP contribution < -0.4 is 5.73 Å². The Bertz CT molecular complexity index is 530. The van der Waals surface area contributed by atoms with Crippen LogP contribution in [0.2, 0.25) is 0 Å². The van der Waals surface area contributed by atoms with E-state index in [0.29, 0.717) is 0 Å². The minimum Gasteiger partial charge on any atom is -0.324 e. The van der Waals surface area contributed by atoms with Crippen molar-refractivity contribution in [2.75, 3.05) is 0 Å². The van der Waals surface area contributed by atoms with E-state index in [-0.39, 0.29) is 6.04 Å². The third kappa shape index (κ3) is 2.26. The number of aromatic nitrogens is 4. The van der Waals surface area contributed by atoms with Crippen LogP contribution in [0.3, 0.4) is 0 Å². The highest BCUT2D eigenvalue weighted by molar-refractivity contribution is 5.35. The van der Waals surface area contributed by atoms with Gasteiger partial charge in [0, 0.05) is 30.6 Å². The number of rotatable bonds is 4. The molecule has 2 aromatic heterocycles. The summed E-state index contributed by atoms with van der Waals surface area (Å²) in [7, 11) is 0. The van der Waals surface area contributed by atoms with Gasteiger partial charge in [-0.25, -0.2) is 9.97 Å². The lowest BCUT2D eigenvalue weighted by Crippen LogP contribution is -2.13. The zero-order valence-electron chi connectivity index (χ0n) is 11.1. The molecular weight excluding hydrogens is 226 g/mol. The number of hydrogen-bond acceptors (Lipinski definition) is 4. The monoisotopic (exact) mass is 245 g/mol. The summed E-state index contributed by atoms with van der Waals surface area (Å²) in [5.41, 5.74) is 6.97. The van der Waals surface area contributed by atoms with Crippen LogP contribution in [0.1, 0.15) is 44.0 Å². The van der Waals surface area contributed by atoms with Gasteiger partial charge in [-0.2, -0.15) is 4.68 Å². The predicted molar refractivity (Wildman–Crippen MR) is 70.5 cm³/mol. The molecule has 2 N–H and O–H groups in total. The molecule has 0 saturated carbocycles. The molecule has 0 saturated heterocycles. The van der Waals surface area contributed by atoms with Crippen molar-refractivity contribution in [2.24, 2.45) is 5.73 Å². The molecule has 96 valence electrons. The van der Waals surface area contributed by atoms with E-state index in [1.165, 1.54) is 0 Å². The molecule has 0 spiro atoms. The summed E-state index contributed by atoms with van der Waals surface area (Å²) in [5.74, 6) is 2.55. The Morgan fingerprint density at radius 3 is 2.72 bits per heavy atom. The van der Waals surface area contributed by atoms with E-state index in [0.717, 1.165) is 35.9 Å². The average Bonchev–Trinajstić information content (AvgIpc) is 2.81. The van der Waals surface area contributed by atoms with Crippen LogP contribution in [-0.4, -0.2) is 19.7 Å². The Hall–Kier alpha value is -1.75. The van der Waals surface area contributed by atoms with Gasteiger partial charge >= 0.3 is 0 Å². The number of hydrogen-bond donors (Lipinski definition) is 1. The summed E-state index contributed by atoms with van der Waals surface area (Å²) in [6.45, 7) is 6.06. The van der Waals surface area contributed by atoms with Crippen LogP contribution in [0.4, 0.5) is 0 Å². The van der Waals surface area contributed by atoms with E-state index in [1.807, 2.05) is 30.7 Å². The van der Waals surface area contributed by atoms with Gasteiger partial charge in [0.1, 0.15) is 5.82 Å². The maximum atomic E-state index is 5.98. The van der Waals surface area contributed by atoms with E-state index in [2.05, 4.69) is 22.0 Å². The molecule has 0 aliphatic heterocycles. The minimum absolute atomic E-state index is 0.0762. The van der Waals surface area contributed by atoms with Crippen molar-refractivity contribution in [2.45, 2.75) is 39.7 Å². The smallest absolute Gasteiger partial charge is 0.160 e. The molecule has 0 fully saturated rings. The second-order valence-corrected chi connectivity index (χ2v) is 4.27. The van der Waals surface area contributed by atoms with Crippen LogP contribution in [0.25, 0.3) is 5.82 Å². The first kappa shape index (κ1) is 12.7. The van der Waals surface area contributed by atoms with Crippen molar-refractivity contribution in [3.63, 3.8) is 0 Å². The van der Waals surface area contributed by atoms with Gasteiger partial charge in [0.05, 0.1) is 0 Å². The molecule has 18 heavy (non-hydrogen) atoms. The Labute approximate surface area is 107 Å². The van der Waals surface area contributed by atoms with E-state index < -0.39 is 0 Å². The predicted octanol–water partition coefficient (Wildman–Crippen LogP) is 1.81. The second-order valence-electron chi connectivity index (χ2n) is 4.27. The van der Waals surface area contributed by atoms with Crippen LogP contribution in [0.5, 0.6) is 0 Å². The van der Waals surface area contributed by atoms with Crippen molar-refractivity contribution < 1.29 is 0 Å². The van der Waals surface area contributed by atoms with Crippen molar-refractivity contribution in [1.29, 1.82) is 0 Å². The Morgan fingerprint density at radius 1 is 1.33 bits per heavy atom. The second kappa shape index (κ2) is 5.27. The van der Waals surface area contributed by atoms with Crippen LogP contribution in [0.15, 0.2) is 18.3 Å². The molecule has 2 rings (SSSR count). The van der Waals surface area contributed by atoms with Crippen LogP contribution in [0, 0.1) is 0 Å². The number of nitrogens with zero attached hydrogens (tertiary/aromatic N) is 4. The zero-order valence-corrected chi connectivity index (χ0v) is 11.1. The molecule has 1 atom stereocenters. The molecule has 0 unspecified atom stereocenters. The fraction of sp³-hybridized carbons (Fsp3) is 0.462. The lowest BCUT2D eigenvalue weighted by Gasteiger charge is -2.12. The fourth-order valence-electron chi connectivity index (χ4n) is 1.88. The third-order valence-corrected chi connectivity index (χ3v) is 2.86. The molecule has 2 aromatic rings. The third-order valence-electron chi connectivity index (χ3n) is 2.86. The molecule has 2 heterocycles. The van der Waals surface area contributed by atoms with E-state index >= 15 is 0 Å². The van der Waals surface area contributed by atoms with Crippen molar-refractivity contribution in [1.82, 2.24) is 19.7 Å². The molecule has 0 bridgehead atoms. The van der Waals surface area contributed by atoms with Crippen LogP contribution in [-0.2, 0) is 12.8 Å². The summed E-state index contributed by atoms with van der Waals surface area (Å²) in [5, 5.41) is 4.50. The van der Waals surface area contributed by atoms with Crippen molar-refractivity contribution in [3.8, 4) is 5.82 Å². The number of nitrogens with two attached hydrogens (primary N) is 1. The molecule has 0 aliphatic rings. The first-order chi connectivity index (χ1) is 8.67. The normalized spacial score (nSPS) is 12.7. The van der Waals surface area contributed by atoms with E-state index in [1.54, 1.807) is 6.20 Å². The Balaban J connectivity index is 2.57. The SMILES string of the molecule is CCc1nc(CC)n(-c2ncccc2[C@H](C)N)n1. The van der Waals surface area contributed by atoms with Gasteiger partial charge in [-0.15, -0.1) is 5.10 Å². The van der Waals surface area contributed by atoms with Gasteiger partial charge in [-0.05, 0) is 13.0 Å². The van der Waals surface area contributed by atoms with Gasteiger partial charge in [-0.1, -0.05) is 19.9 Å².